The first-order valence-electron chi connectivity index (χ1n) is 8.94. The molecule has 2 aliphatic heterocycles. The molecule has 3 atom stereocenters. The van der Waals surface area contributed by atoms with Gasteiger partial charge < -0.3 is 14.8 Å². The fraction of sp³-hybridized carbons (Fsp3) is 0.350. The summed E-state index contributed by atoms with van der Waals surface area (Å²) in [6.07, 6.45) is 1.80. The molecule has 1 fully saturated rings. The lowest BCUT2D eigenvalue weighted by molar-refractivity contribution is -0.384. The number of nitrogens with one attached hydrogen (secondary N) is 1. The molecule has 0 saturated carbocycles. The Morgan fingerprint density at radius 1 is 1.26 bits per heavy atom. The summed E-state index contributed by atoms with van der Waals surface area (Å²) in [7, 11) is 1.36. The maximum Gasteiger partial charge on any atom is 0.339 e. The third-order valence-corrected chi connectivity index (χ3v) is 5.37. The van der Waals surface area contributed by atoms with Gasteiger partial charge in [0.25, 0.3) is 5.69 Å². The van der Waals surface area contributed by atoms with Crippen LogP contribution >= 0.6 is 0 Å². The second-order valence-corrected chi connectivity index (χ2v) is 6.83. The third kappa shape index (κ3) is 3.04. The Hall–Kier alpha value is -2.93. The van der Waals surface area contributed by atoms with E-state index in [0.29, 0.717) is 12.2 Å². The number of non-ortho nitro benzene ring substituents is 1. The van der Waals surface area contributed by atoms with Crippen molar-refractivity contribution in [1.82, 2.24) is 0 Å². The van der Waals surface area contributed by atoms with E-state index in [0.717, 1.165) is 29.7 Å². The molecule has 140 valence electrons. The van der Waals surface area contributed by atoms with Crippen LogP contribution in [0.2, 0.25) is 0 Å². The summed E-state index contributed by atoms with van der Waals surface area (Å²) in [5, 5.41) is 14.4. The molecule has 2 heterocycles. The van der Waals surface area contributed by atoms with Gasteiger partial charge >= 0.3 is 5.97 Å². The van der Waals surface area contributed by atoms with Gasteiger partial charge in [-0.1, -0.05) is 24.3 Å². The number of esters is 1. The standard InChI is InChI=1S/C20H20N2O5/c1-26-20(23)16-5-2-4-15-18(16)21-17(14-6-3-11-27-19(14)15)12-7-9-13(10-8-12)22(24)25/h2,4-5,7-10,14,17,19,21H,3,6,11H2,1H3/t14-,17+,19-/m1/s1. The number of para-hydroxylation sites is 1. The van der Waals surface area contributed by atoms with Crippen LogP contribution in [0.15, 0.2) is 42.5 Å². The summed E-state index contributed by atoms with van der Waals surface area (Å²) in [4.78, 5) is 22.8. The van der Waals surface area contributed by atoms with Gasteiger partial charge in [0.15, 0.2) is 0 Å². The monoisotopic (exact) mass is 368 g/mol. The van der Waals surface area contributed by atoms with Crippen molar-refractivity contribution in [2.75, 3.05) is 19.0 Å². The minimum atomic E-state index is -0.407. The first-order chi connectivity index (χ1) is 13.1. The maximum atomic E-state index is 12.2. The van der Waals surface area contributed by atoms with Crippen molar-refractivity contribution in [2.45, 2.75) is 25.0 Å². The Balaban J connectivity index is 1.78. The smallest absolute Gasteiger partial charge is 0.339 e. The molecule has 27 heavy (non-hydrogen) atoms. The number of nitrogens with zero attached hydrogens (tertiary/aromatic N) is 1. The van der Waals surface area contributed by atoms with Crippen LogP contribution in [-0.2, 0) is 9.47 Å². The predicted molar refractivity (Wildman–Crippen MR) is 98.7 cm³/mol. The van der Waals surface area contributed by atoms with Crippen LogP contribution < -0.4 is 5.32 Å². The fourth-order valence-corrected chi connectivity index (χ4v) is 4.11. The van der Waals surface area contributed by atoms with Crippen LogP contribution in [0.25, 0.3) is 0 Å². The van der Waals surface area contributed by atoms with Crippen molar-refractivity contribution in [3.8, 4) is 0 Å². The zero-order chi connectivity index (χ0) is 19.0. The molecule has 2 aromatic rings. The first kappa shape index (κ1) is 17.5. The Morgan fingerprint density at radius 3 is 2.74 bits per heavy atom. The number of ether oxygens (including phenoxy) is 2. The quantitative estimate of drug-likeness (QED) is 0.500. The minimum absolute atomic E-state index is 0.0571. The lowest BCUT2D eigenvalue weighted by atomic mass is 9.77. The molecule has 0 amide bonds. The molecule has 2 aromatic carbocycles. The number of hydrogen-bond acceptors (Lipinski definition) is 6. The van der Waals surface area contributed by atoms with Crippen LogP contribution in [0.5, 0.6) is 0 Å². The van der Waals surface area contributed by atoms with E-state index < -0.39 is 10.9 Å². The van der Waals surface area contributed by atoms with Gasteiger partial charge in [0.05, 0.1) is 35.4 Å². The number of methoxy groups -OCH3 is 1. The van der Waals surface area contributed by atoms with Crippen molar-refractivity contribution in [3.63, 3.8) is 0 Å². The number of hydrogen-bond donors (Lipinski definition) is 1. The van der Waals surface area contributed by atoms with E-state index in [1.807, 2.05) is 12.1 Å². The molecule has 2 aliphatic rings. The normalized spacial score (nSPS) is 23.5. The molecule has 0 spiro atoms. The number of rotatable bonds is 3. The highest BCUT2D eigenvalue weighted by Crippen LogP contribution is 2.50. The molecule has 4 rings (SSSR count). The molecule has 1 saturated heterocycles. The van der Waals surface area contributed by atoms with Crippen LogP contribution in [0.1, 0.15) is 46.5 Å². The fourth-order valence-electron chi connectivity index (χ4n) is 4.11. The average molecular weight is 368 g/mol. The van der Waals surface area contributed by atoms with Gasteiger partial charge in [0.2, 0.25) is 0 Å². The number of carbonyl (C=O) groups is 1. The molecule has 7 nitrogen and oxygen atoms in total. The van der Waals surface area contributed by atoms with E-state index in [1.54, 1.807) is 18.2 Å². The van der Waals surface area contributed by atoms with Crippen LogP contribution in [-0.4, -0.2) is 24.6 Å². The molecular formula is C20H20N2O5. The van der Waals surface area contributed by atoms with Gasteiger partial charge in [-0.15, -0.1) is 0 Å². The molecule has 0 bridgehead atoms. The highest BCUT2D eigenvalue weighted by molar-refractivity contribution is 5.96. The van der Waals surface area contributed by atoms with Gasteiger partial charge in [0, 0.05) is 30.2 Å². The maximum absolute atomic E-state index is 12.2. The summed E-state index contributed by atoms with van der Waals surface area (Å²) in [5.74, 6) is -0.225. The second-order valence-electron chi connectivity index (χ2n) is 6.83. The summed E-state index contributed by atoms with van der Waals surface area (Å²) in [6.45, 7) is 0.677. The zero-order valence-electron chi connectivity index (χ0n) is 14.9. The topological polar surface area (TPSA) is 90.7 Å². The van der Waals surface area contributed by atoms with Crippen molar-refractivity contribution < 1.29 is 19.2 Å². The number of nitro groups is 1. The number of benzene rings is 2. The van der Waals surface area contributed by atoms with E-state index in [4.69, 9.17) is 9.47 Å². The van der Waals surface area contributed by atoms with Crippen molar-refractivity contribution >= 4 is 17.3 Å². The summed E-state index contributed by atoms with van der Waals surface area (Å²) in [6, 6.07) is 12.0. The van der Waals surface area contributed by atoms with Crippen LogP contribution in [0.3, 0.4) is 0 Å². The van der Waals surface area contributed by atoms with E-state index in [2.05, 4.69) is 5.32 Å². The van der Waals surface area contributed by atoms with E-state index in [1.165, 1.54) is 19.2 Å². The van der Waals surface area contributed by atoms with Crippen molar-refractivity contribution in [2.24, 2.45) is 5.92 Å². The lowest BCUT2D eigenvalue weighted by Crippen LogP contribution is -2.36. The molecule has 0 unspecified atom stereocenters. The predicted octanol–water partition coefficient (Wildman–Crippen LogP) is 4.02. The van der Waals surface area contributed by atoms with Gasteiger partial charge in [-0.3, -0.25) is 10.1 Å². The minimum Gasteiger partial charge on any atom is -0.465 e. The Bertz CT molecular complexity index is 880. The van der Waals surface area contributed by atoms with E-state index in [9.17, 15) is 14.9 Å². The van der Waals surface area contributed by atoms with Gasteiger partial charge in [-0.25, -0.2) is 4.79 Å². The SMILES string of the molecule is COC(=O)c1cccc2c1N[C@@H](c1ccc([N+](=O)[O-])cc1)[C@H]1CCCO[C@@H]21. The highest BCUT2D eigenvalue weighted by atomic mass is 16.6. The lowest BCUT2D eigenvalue weighted by Gasteiger charge is -2.43. The van der Waals surface area contributed by atoms with Gasteiger partial charge in [0.1, 0.15) is 0 Å². The number of fused-ring (bicyclic) bond motifs is 3. The second kappa shape index (κ2) is 7.00. The molecule has 1 N–H and O–H groups in total. The average Bonchev–Trinajstić information content (AvgIpc) is 2.72. The molecule has 0 aromatic heterocycles. The number of nitro benzene ring substituents is 1. The summed E-state index contributed by atoms with van der Waals surface area (Å²) in [5.41, 5.74) is 3.14. The van der Waals surface area contributed by atoms with Gasteiger partial charge in [-0.2, -0.15) is 0 Å². The first-order valence-corrected chi connectivity index (χ1v) is 8.94. The molecule has 0 radical (unpaired) electrons. The Kier molecular flexibility index (Phi) is 4.53. The highest BCUT2D eigenvalue weighted by Gasteiger charge is 2.41. The number of anilines is 1. The van der Waals surface area contributed by atoms with Crippen molar-refractivity contribution in [3.05, 3.63) is 69.3 Å². The summed E-state index contributed by atoms with van der Waals surface area (Å²) < 4.78 is 11.0. The van der Waals surface area contributed by atoms with Crippen LogP contribution in [0, 0.1) is 16.0 Å². The Morgan fingerprint density at radius 2 is 2.04 bits per heavy atom. The van der Waals surface area contributed by atoms with Crippen LogP contribution in [0.4, 0.5) is 11.4 Å². The molecule has 0 aliphatic carbocycles. The van der Waals surface area contributed by atoms with E-state index in [-0.39, 0.29) is 23.8 Å². The van der Waals surface area contributed by atoms with Crippen molar-refractivity contribution in [1.29, 1.82) is 0 Å². The molecule has 7 heteroatoms. The molecular weight excluding hydrogens is 348 g/mol. The largest absolute Gasteiger partial charge is 0.465 e. The van der Waals surface area contributed by atoms with E-state index >= 15 is 0 Å². The Labute approximate surface area is 156 Å². The van der Waals surface area contributed by atoms with Gasteiger partial charge in [-0.05, 0) is 24.5 Å². The third-order valence-electron chi connectivity index (χ3n) is 5.37. The zero-order valence-corrected chi connectivity index (χ0v) is 14.9. The summed E-state index contributed by atoms with van der Waals surface area (Å²) >= 11 is 0. The number of carbonyl (C=O) groups excluding carboxylic acids is 1.